The Kier molecular flexibility index (Phi) is 2.67. The molecule has 1 aromatic carbocycles. The fraction of sp³-hybridized carbons (Fsp3) is 0.312. The summed E-state index contributed by atoms with van der Waals surface area (Å²) in [4.78, 5) is 12.4. The number of hydrogen-bond donors (Lipinski definition) is 0. The molecular formula is C16H15N3O2. The highest BCUT2D eigenvalue weighted by molar-refractivity contribution is 5.90. The molecule has 5 nitrogen and oxygen atoms in total. The van der Waals surface area contributed by atoms with E-state index in [1.165, 1.54) is 17.5 Å². The minimum absolute atomic E-state index is 0.165. The summed E-state index contributed by atoms with van der Waals surface area (Å²) >= 11 is 0. The van der Waals surface area contributed by atoms with Gasteiger partial charge in [-0.3, -0.25) is 4.79 Å². The van der Waals surface area contributed by atoms with Crippen LogP contribution in [0.4, 0.5) is 0 Å². The summed E-state index contributed by atoms with van der Waals surface area (Å²) in [6.07, 6.45) is 4.05. The Morgan fingerprint density at radius 3 is 3.00 bits per heavy atom. The molecule has 1 fully saturated rings. The lowest BCUT2D eigenvalue weighted by Crippen LogP contribution is -2.23. The van der Waals surface area contributed by atoms with E-state index < -0.39 is 0 Å². The average molecular weight is 281 g/mol. The third kappa shape index (κ3) is 2.14. The van der Waals surface area contributed by atoms with Crippen molar-refractivity contribution in [1.29, 1.82) is 0 Å². The number of aryl methyl sites for hydroxylation is 1. The number of rotatable bonds is 3. The molecule has 0 spiro atoms. The van der Waals surface area contributed by atoms with Crippen LogP contribution in [0.1, 0.15) is 18.4 Å². The number of hydrogen-bond acceptors (Lipinski definition) is 4. The monoisotopic (exact) mass is 281 g/mol. The zero-order valence-electron chi connectivity index (χ0n) is 11.7. The van der Waals surface area contributed by atoms with Gasteiger partial charge >= 0.3 is 0 Å². The maximum absolute atomic E-state index is 12.4. The van der Waals surface area contributed by atoms with E-state index >= 15 is 0 Å². The topological polar surface area (TPSA) is 60.9 Å². The molecule has 1 saturated carbocycles. The van der Waals surface area contributed by atoms with E-state index in [9.17, 15) is 4.79 Å². The lowest BCUT2D eigenvalue weighted by Gasteiger charge is -2.02. The summed E-state index contributed by atoms with van der Waals surface area (Å²) < 4.78 is 6.91. The van der Waals surface area contributed by atoms with Gasteiger partial charge in [0.2, 0.25) is 0 Å². The second kappa shape index (κ2) is 4.55. The summed E-state index contributed by atoms with van der Waals surface area (Å²) in [5, 5.41) is 8.91. The van der Waals surface area contributed by atoms with Crippen molar-refractivity contribution in [1.82, 2.24) is 14.9 Å². The van der Waals surface area contributed by atoms with Crippen molar-refractivity contribution in [2.24, 2.45) is 5.92 Å². The van der Waals surface area contributed by atoms with Gasteiger partial charge in [0.05, 0.1) is 11.6 Å². The first-order valence-electron chi connectivity index (χ1n) is 7.15. The van der Waals surface area contributed by atoms with Gasteiger partial charge in [-0.2, -0.15) is 5.10 Å². The predicted octanol–water partition coefficient (Wildman–Crippen LogP) is 2.77. The second-order valence-corrected chi connectivity index (χ2v) is 5.72. The van der Waals surface area contributed by atoms with Gasteiger partial charge in [-0.15, -0.1) is 0 Å². The van der Waals surface area contributed by atoms with Crippen LogP contribution in [-0.2, 0) is 6.54 Å². The Morgan fingerprint density at radius 2 is 2.24 bits per heavy atom. The molecule has 0 atom stereocenters. The van der Waals surface area contributed by atoms with Crippen molar-refractivity contribution in [2.75, 3.05) is 0 Å². The van der Waals surface area contributed by atoms with Crippen LogP contribution in [0.25, 0.3) is 22.2 Å². The fourth-order valence-electron chi connectivity index (χ4n) is 2.54. The zero-order chi connectivity index (χ0) is 14.4. The SMILES string of the molecule is Cc1cccc(-c2onc3c(=O)n(CC4CC4)ncc23)c1. The van der Waals surface area contributed by atoms with Crippen molar-refractivity contribution in [3.63, 3.8) is 0 Å². The Balaban J connectivity index is 1.85. The second-order valence-electron chi connectivity index (χ2n) is 5.72. The average Bonchev–Trinajstić information content (AvgIpc) is 3.18. The Labute approximate surface area is 121 Å². The van der Waals surface area contributed by atoms with Crippen LogP contribution in [0.2, 0.25) is 0 Å². The van der Waals surface area contributed by atoms with Crippen molar-refractivity contribution in [3.8, 4) is 11.3 Å². The van der Waals surface area contributed by atoms with Gasteiger partial charge in [0.15, 0.2) is 11.3 Å². The van der Waals surface area contributed by atoms with Crippen LogP contribution in [0, 0.1) is 12.8 Å². The van der Waals surface area contributed by atoms with Gasteiger partial charge < -0.3 is 4.52 Å². The van der Waals surface area contributed by atoms with Gasteiger partial charge in [0.1, 0.15) is 0 Å². The molecule has 2 aromatic heterocycles. The molecule has 1 aliphatic carbocycles. The molecule has 2 heterocycles. The number of fused-ring (bicyclic) bond motifs is 1. The molecule has 5 heteroatoms. The van der Waals surface area contributed by atoms with Crippen LogP contribution < -0.4 is 5.56 Å². The third-order valence-electron chi connectivity index (χ3n) is 3.90. The number of nitrogens with zero attached hydrogens (tertiary/aromatic N) is 3. The van der Waals surface area contributed by atoms with E-state index in [1.54, 1.807) is 6.20 Å². The first-order chi connectivity index (χ1) is 10.2. The van der Waals surface area contributed by atoms with Gasteiger partial charge in [0, 0.05) is 12.1 Å². The van der Waals surface area contributed by atoms with E-state index in [0.717, 1.165) is 11.1 Å². The van der Waals surface area contributed by atoms with Crippen molar-refractivity contribution in [3.05, 3.63) is 46.4 Å². The quantitative estimate of drug-likeness (QED) is 0.740. The molecule has 4 rings (SSSR count). The molecule has 3 aromatic rings. The molecule has 0 unspecified atom stereocenters. The molecule has 1 aliphatic rings. The zero-order valence-corrected chi connectivity index (χ0v) is 11.7. The van der Waals surface area contributed by atoms with Gasteiger partial charge in [-0.1, -0.05) is 28.9 Å². The molecule has 0 bridgehead atoms. The fourth-order valence-corrected chi connectivity index (χ4v) is 2.54. The summed E-state index contributed by atoms with van der Waals surface area (Å²) in [5.74, 6) is 1.20. The van der Waals surface area contributed by atoms with Crippen LogP contribution in [0.15, 0.2) is 39.8 Å². The smallest absolute Gasteiger partial charge is 0.296 e. The molecule has 21 heavy (non-hydrogen) atoms. The van der Waals surface area contributed by atoms with Crippen molar-refractivity contribution < 1.29 is 4.52 Å². The minimum atomic E-state index is -0.165. The Hall–Kier alpha value is -2.43. The maximum atomic E-state index is 12.4. The molecule has 0 aliphatic heterocycles. The van der Waals surface area contributed by atoms with E-state index in [-0.39, 0.29) is 5.56 Å². The lowest BCUT2D eigenvalue weighted by molar-refractivity contribution is 0.439. The highest BCUT2D eigenvalue weighted by Gasteiger charge is 2.24. The summed E-state index contributed by atoms with van der Waals surface area (Å²) in [7, 11) is 0. The number of benzene rings is 1. The molecule has 0 saturated heterocycles. The van der Waals surface area contributed by atoms with E-state index in [4.69, 9.17) is 4.52 Å². The summed E-state index contributed by atoms with van der Waals surface area (Å²) in [6.45, 7) is 2.70. The van der Waals surface area contributed by atoms with Gasteiger partial charge in [-0.05, 0) is 31.7 Å². The van der Waals surface area contributed by atoms with Gasteiger partial charge in [-0.25, -0.2) is 4.68 Å². The van der Waals surface area contributed by atoms with Crippen LogP contribution in [-0.4, -0.2) is 14.9 Å². The van der Waals surface area contributed by atoms with Crippen molar-refractivity contribution >= 4 is 10.9 Å². The standard InChI is InChI=1S/C16H15N3O2/c1-10-3-2-4-12(7-10)15-13-8-17-19(9-11-5-6-11)16(20)14(13)18-21-15/h2-4,7-8,11H,5-6,9H2,1H3. The summed E-state index contributed by atoms with van der Waals surface area (Å²) in [6, 6.07) is 7.93. The Morgan fingerprint density at radius 1 is 1.38 bits per heavy atom. The number of aromatic nitrogens is 3. The first-order valence-corrected chi connectivity index (χ1v) is 7.15. The molecule has 0 amide bonds. The molecular weight excluding hydrogens is 266 g/mol. The van der Waals surface area contributed by atoms with Crippen LogP contribution >= 0.6 is 0 Å². The normalized spacial score (nSPS) is 14.7. The highest BCUT2D eigenvalue weighted by atomic mass is 16.5. The third-order valence-corrected chi connectivity index (χ3v) is 3.90. The largest absolute Gasteiger partial charge is 0.355 e. The highest BCUT2D eigenvalue weighted by Crippen LogP contribution is 2.30. The van der Waals surface area contributed by atoms with E-state index in [0.29, 0.717) is 29.1 Å². The van der Waals surface area contributed by atoms with Crippen LogP contribution in [0.5, 0.6) is 0 Å². The first kappa shape index (κ1) is 12.3. The van der Waals surface area contributed by atoms with Gasteiger partial charge in [0.25, 0.3) is 5.56 Å². The molecule has 106 valence electrons. The molecule has 0 N–H and O–H groups in total. The predicted molar refractivity (Wildman–Crippen MR) is 79.0 cm³/mol. The Bertz CT molecular complexity index is 875. The lowest BCUT2D eigenvalue weighted by atomic mass is 10.1. The minimum Gasteiger partial charge on any atom is -0.355 e. The van der Waals surface area contributed by atoms with E-state index in [2.05, 4.69) is 10.3 Å². The van der Waals surface area contributed by atoms with Crippen molar-refractivity contribution in [2.45, 2.75) is 26.3 Å². The van der Waals surface area contributed by atoms with E-state index in [1.807, 2.05) is 31.2 Å². The molecule has 0 radical (unpaired) electrons. The maximum Gasteiger partial charge on any atom is 0.296 e. The van der Waals surface area contributed by atoms with Crippen LogP contribution in [0.3, 0.4) is 0 Å². The summed E-state index contributed by atoms with van der Waals surface area (Å²) in [5.41, 5.74) is 2.25.